The Morgan fingerprint density at radius 2 is 0.874 bits per heavy atom. The highest BCUT2D eigenvalue weighted by molar-refractivity contribution is 6.76. The molecule has 32 heteroatoms. The van der Waals surface area contributed by atoms with Crippen molar-refractivity contribution in [2.75, 3.05) is 115 Å². The van der Waals surface area contributed by atoms with Crippen molar-refractivity contribution >= 4 is 73.9 Å². The molecule has 135 heavy (non-hydrogen) atoms. The van der Waals surface area contributed by atoms with E-state index in [-0.39, 0.29) is 41.7 Å². The van der Waals surface area contributed by atoms with E-state index in [0.717, 1.165) is 162 Å². The summed E-state index contributed by atoms with van der Waals surface area (Å²) in [6.07, 6.45) is 17.5. The number of nitrogen functional groups attached to an aromatic ring is 1. The number of halogens is 2. The number of hydrogen-bond donors (Lipinski definition) is 5. The van der Waals surface area contributed by atoms with Crippen LogP contribution in [0, 0.1) is 0 Å². The second-order valence-corrected chi connectivity index (χ2v) is 48.9. The first-order valence-corrected chi connectivity index (χ1v) is 54.8. The molecule has 12 heterocycles. The first-order chi connectivity index (χ1) is 65.3. The topological polar surface area (TPSA) is 315 Å². The zero-order chi connectivity index (χ0) is 94.6. The van der Waals surface area contributed by atoms with Crippen molar-refractivity contribution in [3.05, 3.63) is 253 Å². The van der Waals surface area contributed by atoms with E-state index < -0.39 is 26.8 Å². The number of morpholine rings is 2. The maximum atomic E-state index is 12.9. The Kier molecular flexibility index (Phi) is 35.8. The Balaban J connectivity index is 0.000000153. The number of hydrogen-bond acceptors (Lipinski definition) is 23. The largest absolute Gasteiger partial charge is 0.493 e. The van der Waals surface area contributed by atoms with Crippen LogP contribution < -0.4 is 50.1 Å². The number of H-pyrrole nitrogens is 1. The molecule has 28 nitrogen and oxygen atoms in total. The van der Waals surface area contributed by atoms with E-state index >= 15 is 0 Å². The molecule has 0 spiro atoms. The van der Waals surface area contributed by atoms with Crippen molar-refractivity contribution in [1.82, 2.24) is 59.1 Å². The summed E-state index contributed by atoms with van der Waals surface area (Å²) in [7, 11) is -2.35. The van der Waals surface area contributed by atoms with Gasteiger partial charge in [-0.25, -0.2) is 29.9 Å². The summed E-state index contributed by atoms with van der Waals surface area (Å²) in [5.74, 6) is 10.7. The summed E-state index contributed by atoms with van der Waals surface area (Å²) in [4.78, 5) is 70.6. The number of anilines is 3. The van der Waals surface area contributed by atoms with Crippen molar-refractivity contribution in [3.63, 3.8) is 0 Å². The Morgan fingerprint density at radius 1 is 0.489 bits per heavy atom. The number of aromatic nitrogens is 9. The number of carbonyl (C=O) groups is 3. The van der Waals surface area contributed by atoms with Crippen LogP contribution in [0.15, 0.2) is 219 Å². The Morgan fingerprint density at radius 3 is 1.26 bits per heavy atom. The van der Waals surface area contributed by atoms with Gasteiger partial charge >= 0.3 is 0 Å². The normalized spacial score (nSPS) is 17.1. The molecule has 0 aliphatic carbocycles. The molecular formula is C103H125Cl2N15O13Si2. The van der Waals surface area contributed by atoms with Crippen molar-refractivity contribution in [3.8, 4) is 85.5 Å². The number of nitrogens with zero attached hydrogens (tertiary/aromatic N) is 10. The van der Waals surface area contributed by atoms with Crippen LogP contribution >= 0.6 is 23.2 Å². The number of fused-ring (bicyclic) bond motifs is 3. The maximum Gasteiger partial charge on any atom is 0.242 e. The van der Waals surface area contributed by atoms with Crippen molar-refractivity contribution in [2.24, 2.45) is 0 Å². The lowest BCUT2D eigenvalue weighted by atomic mass is 9.95. The Labute approximate surface area is 803 Å². The number of piperidine rings is 1. The van der Waals surface area contributed by atoms with E-state index in [1.54, 1.807) is 55.0 Å². The van der Waals surface area contributed by atoms with Gasteiger partial charge in [0, 0.05) is 116 Å². The minimum absolute atomic E-state index is 0.0481. The molecule has 6 aliphatic heterocycles. The highest BCUT2D eigenvalue weighted by Crippen LogP contribution is 2.41. The Hall–Kier alpha value is -11.7. The number of nitrogens with one attached hydrogen (secondary N) is 4. The SMILES string of the molecule is C1CCNCC1.CC(C(=O)Nc1cc(Oc2ccc3c(c2)CC(c2nc(-c4ccccc4)cn2COCC[Si](C)(C)C)CO3)ccn1)N1CCOCC1.CC(C(=O)Nc1cc(Oc2ccc3c(c2)CC(c2ncc(-c4ccccc4)[nH]2)CO3)ccn1)N1CCOCC1.CC(Cl)C(=O)Cl.C[Si](C)(C)CCOCn1cc(-c2ccccc2)nc1C1COc2ccc(Oc3ccnc(N)c3)cc2C1. The van der Waals surface area contributed by atoms with Gasteiger partial charge in [0.05, 0.1) is 99.4 Å². The molecule has 6 aromatic carbocycles. The number of aromatic amines is 1. The summed E-state index contributed by atoms with van der Waals surface area (Å²) in [5, 5.41) is 8.08. The van der Waals surface area contributed by atoms with Gasteiger partial charge in [-0.3, -0.25) is 24.2 Å². The summed E-state index contributed by atoms with van der Waals surface area (Å²) in [5.41, 5.74) is 15.1. The van der Waals surface area contributed by atoms with Gasteiger partial charge in [-0.15, -0.1) is 11.6 Å². The van der Waals surface area contributed by atoms with Crippen LogP contribution in [0.3, 0.4) is 0 Å². The van der Waals surface area contributed by atoms with Crippen LogP contribution in [0.5, 0.6) is 51.7 Å². The van der Waals surface area contributed by atoms with E-state index in [2.05, 4.69) is 148 Å². The molecule has 3 saturated heterocycles. The van der Waals surface area contributed by atoms with Crippen LogP contribution in [0.4, 0.5) is 17.5 Å². The first-order valence-electron chi connectivity index (χ1n) is 46.6. The smallest absolute Gasteiger partial charge is 0.242 e. The van der Waals surface area contributed by atoms with E-state index in [0.29, 0.717) is 106 Å². The van der Waals surface area contributed by atoms with Gasteiger partial charge in [0.25, 0.3) is 0 Å². The van der Waals surface area contributed by atoms with Crippen LogP contribution in [0.1, 0.15) is 92.0 Å². The first kappa shape index (κ1) is 99.3. The minimum atomic E-state index is -1.19. The maximum absolute atomic E-state index is 12.9. The predicted octanol–water partition coefficient (Wildman–Crippen LogP) is 19.6. The highest BCUT2D eigenvalue weighted by Gasteiger charge is 2.33. The van der Waals surface area contributed by atoms with Crippen LogP contribution in [0.25, 0.3) is 33.8 Å². The minimum Gasteiger partial charge on any atom is -0.493 e. The van der Waals surface area contributed by atoms with E-state index in [1.807, 2.05) is 129 Å². The molecule has 712 valence electrons. The number of alkyl halides is 1. The molecule has 2 amide bonds. The average Bonchev–Trinajstić information content (AvgIpc) is 1.71. The second kappa shape index (κ2) is 48.7. The van der Waals surface area contributed by atoms with Gasteiger partial charge in [0.15, 0.2) is 0 Å². The fourth-order valence-electron chi connectivity index (χ4n) is 15.9. The van der Waals surface area contributed by atoms with Gasteiger partial charge < -0.3 is 83.2 Å². The van der Waals surface area contributed by atoms with Crippen LogP contribution in [0.2, 0.25) is 51.4 Å². The molecule has 0 saturated carbocycles. The van der Waals surface area contributed by atoms with Crippen molar-refractivity contribution in [1.29, 1.82) is 0 Å². The number of amides is 2. The molecule has 12 aromatic rings. The average molecular weight is 1910 g/mol. The number of imidazole rings is 3. The van der Waals surface area contributed by atoms with E-state index in [4.69, 9.17) is 86.3 Å². The third-order valence-corrected chi connectivity index (χ3v) is 27.8. The number of benzene rings is 6. The summed E-state index contributed by atoms with van der Waals surface area (Å²) < 4.78 is 64.3. The number of ether oxygens (including phenoxy) is 10. The summed E-state index contributed by atoms with van der Waals surface area (Å²) >= 11 is 9.97. The second-order valence-electron chi connectivity index (χ2n) is 36.7. The van der Waals surface area contributed by atoms with Gasteiger partial charge in [-0.2, -0.15) is 0 Å². The zero-order valence-electron chi connectivity index (χ0n) is 78.5. The molecule has 18 rings (SSSR count). The van der Waals surface area contributed by atoms with Crippen molar-refractivity contribution < 1.29 is 61.8 Å². The molecule has 6 unspecified atom stereocenters. The van der Waals surface area contributed by atoms with Crippen LogP contribution in [-0.2, 0) is 66.1 Å². The van der Waals surface area contributed by atoms with Crippen LogP contribution in [-0.4, -0.2) is 203 Å². The summed E-state index contributed by atoms with van der Waals surface area (Å²) in [6, 6.07) is 60.5. The highest BCUT2D eigenvalue weighted by atomic mass is 35.5. The fourth-order valence-corrected chi connectivity index (χ4v) is 17.4. The van der Waals surface area contributed by atoms with Gasteiger partial charge in [-0.1, -0.05) is 137 Å². The lowest BCUT2D eigenvalue weighted by Crippen LogP contribution is -2.47. The number of nitrogens with two attached hydrogens (primary N) is 1. The molecule has 0 radical (unpaired) electrons. The lowest BCUT2D eigenvalue weighted by molar-refractivity contribution is -0.123. The van der Waals surface area contributed by atoms with Gasteiger partial charge in [0.2, 0.25) is 17.1 Å². The molecule has 6 aliphatic rings. The predicted molar refractivity (Wildman–Crippen MR) is 534 cm³/mol. The lowest BCUT2D eigenvalue weighted by Gasteiger charge is -2.31. The number of rotatable bonds is 29. The molecule has 3 fully saturated rings. The third-order valence-electron chi connectivity index (χ3n) is 23.7. The number of pyridine rings is 3. The number of carbonyl (C=O) groups excluding carboxylic acids is 3. The quantitative estimate of drug-likeness (QED) is 0.0126. The van der Waals surface area contributed by atoms with E-state index in [9.17, 15) is 14.4 Å². The molecule has 6 atom stereocenters. The summed E-state index contributed by atoms with van der Waals surface area (Å²) in [6.45, 7) is 31.6. The molecule has 6 N–H and O–H groups in total. The monoisotopic (exact) mass is 1910 g/mol. The molecule has 0 bridgehead atoms. The van der Waals surface area contributed by atoms with Gasteiger partial charge in [-0.05, 0) is 185 Å². The van der Waals surface area contributed by atoms with E-state index in [1.165, 1.54) is 39.3 Å². The van der Waals surface area contributed by atoms with Gasteiger partial charge in [0.1, 0.15) is 106 Å². The third kappa shape index (κ3) is 29.9. The molecule has 6 aromatic heterocycles. The molecular weight excluding hydrogens is 1780 g/mol. The Bertz CT molecular complexity index is 5800. The standard InChI is InChI=1S/C36H45N5O5Si.C30H31N5O4.C29H34N4O3Si.C5H11N.C3H4Cl2O/c1-26(40-14-16-43-17-15-40)36(42)39-34-22-31(12-13-37-34)46-30-10-11-33-28(21-30)20-29(24-45-33)35-38-32(27-8-6-5-7-9-27)23-41(35)25-44-18-19-47(2,3)4;1-20(35-11-13-37-14-12-35)30(36)34-28-17-25(9-10-31-28)39-24-7-8-27-22(16-24)15-23(19-38-27)29-32-18-26(33-29)21-5-3-2-4-6-21;1-37(2,3)14-13-34-20-33-18-26(21-7-5-4-6-8-21)32-29(33)23-15-22-16-24(9-10-27(22)35-19-23)36-25-11-12-31-28(30)17-25;1-2-4-6-5-3-1;1-2(4)3(5)6/h5-13,21-23,26,29H,14-20,24-25H2,1-4H3,(H,37,39,42);2-10,16-18,20,23H,11-15,19H2,1H3,(H,32,33)(H,31,34,36);4-12,16-18,23H,13-15,19-20H2,1-3H3,(H2,30,31);6H,1-5H2;2H,1H3. The fraction of sp³-hybridized carbons (Fsp3) is 0.388. The van der Waals surface area contributed by atoms with Crippen molar-refractivity contribution in [2.45, 2.75) is 159 Å². The zero-order valence-corrected chi connectivity index (χ0v) is 82.1.